The number of aromatic hydroxyl groups is 1. The number of carbonyl (C=O) groups is 2. The van der Waals surface area contributed by atoms with E-state index in [2.05, 4.69) is 0 Å². The molecule has 0 amide bonds. The molecule has 106 valence electrons. The van der Waals surface area contributed by atoms with Crippen molar-refractivity contribution in [3.63, 3.8) is 0 Å². The third kappa shape index (κ3) is 3.11. The van der Waals surface area contributed by atoms with E-state index >= 15 is 0 Å². The lowest BCUT2D eigenvalue weighted by atomic mass is 10.00. The molecular formula is C15H11NO5. The number of para-hydroxylation sites is 2. The van der Waals surface area contributed by atoms with E-state index in [0.717, 1.165) is 0 Å². The predicted molar refractivity (Wildman–Crippen MR) is 74.5 cm³/mol. The molecule has 6 heteroatoms. The van der Waals surface area contributed by atoms with Crippen molar-refractivity contribution in [1.82, 2.24) is 0 Å². The molecule has 2 aromatic rings. The second kappa shape index (κ2) is 5.96. The monoisotopic (exact) mass is 285 g/mol. The molecular weight excluding hydrogens is 274 g/mol. The molecule has 2 rings (SSSR count). The number of ketones is 2. The zero-order chi connectivity index (χ0) is 15.4. The van der Waals surface area contributed by atoms with Crippen molar-refractivity contribution in [3.05, 3.63) is 69.8 Å². The zero-order valence-corrected chi connectivity index (χ0v) is 10.9. The highest BCUT2D eigenvalue weighted by atomic mass is 16.6. The molecule has 21 heavy (non-hydrogen) atoms. The highest BCUT2D eigenvalue weighted by Gasteiger charge is 2.22. The normalized spacial score (nSPS) is 10.1. The van der Waals surface area contributed by atoms with E-state index in [-0.39, 0.29) is 22.6 Å². The maximum atomic E-state index is 12.1. The first-order chi connectivity index (χ1) is 10.0. The molecule has 0 saturated carbocycles. The van der Waals surface area contributed by atoms with Crippen LogP contribution < -0.4 is 0 Å². The van der Waals surface area contributed by atoms with E-state index in [1.807, 2.05) is 0 Å². The highest BCUT2D eigenvalue weighted by molar-refractivity contribution is 6.15. The van der Waals surface area contributed by atoms with E-state index in [4.69, 9.17) is 0 Å². The molecule has 0 aromatic heterocycles. The van der Waals surface area contributed by atoms with Gasteiger partial charge in [0, 0.05) is 6.07 Å². The summed E-state index contributed by atoms with van der Waals surface area (Å²) in [6, 6.07) is 11.3. The molecule has 0 heterocycles. The van der Waals surface area contributed by atoms with Gasteiger partial charge in [-0.25, -0.2) is 0 Å². The lowest BCUT2D eigenvalue weighted by Crippen LogP contribution is -2.10. The average molecular weight is 285 g/mol. The van der Waals surface area contributed by atoms with Crippen molar-refractivity contribution in [2.45, 2.75) is 6.42 Å². The van der Waals surface area contributed by atoms with Crippen molar-refractivity contribution in [2.24, 2.45) is 0 Å². The molecule has 0 bridgehead atoms. The van der Waals surface area contributed by atoms with Crippen LogP contribution in [0.25, 0.3) is 0 Å². The first-order valence-corrected chi connectivity index (χ1v) is 6.08. The minimum atomic E-state index is -0.669. The number of benzene rings is 2. The summed E-state index contributed by atoms with van der Waals surface area (Å²) in [4.78, 5) is 34.2. The molecule has 0 unspecified atom stereocenters. The van der Waals surface area contributed by atoms with Crippen LogP contribution in [0.4, 0.5) is 5.69 Å². The molecule has 0 spiro atoms. The Bertz CT molecular complexity index is 724. The number of phenolic OH excluding ortho intramolecular Hbond substituents is 1. The number of hydrogen-bond acceptors (Lipinski definition) is 5. The summed E-state index contributed by atoms with van der Waals surface area (Å²) in [5, 5.41) is 20.4. The van der Waals surface area contributed by atoms with Gasteiger partial charge >= 0.3 is 0 Å². The first-order valence-electron chi connectivity index (χ1n) is 6.08. The number of nitro benzene ring substituents is 1. The van der Waals surface area contributed by atoms with Crippen LogP contribution in [0.1, 0.15) is 27.1 Å². The highest BCUT2D eigenvalue weighted by Crippen LogP contribution is 2.22. The van der Waals surface area contributed by atoms with Crippen LogP contribution in [0.2, 0.25) is 0 Å². The number of nitro groups is 1. The smallest absolute Gasteiger partial charge is 0.280 e. The number of phenols is 1. The van der Waals surface area contributed by atoms with Crippen molar-refractivity contribution < 1.29 is 19.6 Å². The molecule has 0 saturated heterocycles. The Morgan fingerprint density at radius 1 is 0.952 bits per heavy atom. The van der Waals surface area contributed by atoms with Gasteiger partial charge in [-0.1, -0.05) is 24.3 Å². The van der Waals surface area contributed by atoms with Gasteiger partial charge in [0.05, 0.1) is 22.5 Å². The lowest BCUT2D eigenvalue weighted by molar-refractivity contribution is -0.385. The maximum Gasteiger partial charge on any atom is 0.280 e. The molecule has 0 radical (unpaired) electrons. The van der Waals surface area contributed by atoms with Gasteiger partial charge in [-0.2, -0.15) is 0 Å². The van der Waals surface area contributed by atoms with Crippen LogP contribution in [0.3, 0.4) is 0 Å². The fourth-order valence-corrected chi connectivity index (χ4v) is 1.91. The fourth-order valence-electron chi connectivity index (χ4n) is 1.91. The number of carbonyl (C=O) groups excluding carboxylic acids is 2. The third-order valence-electron chi connectivity index (χ3n) is 2.93. The van der Waals surface area contributed by atoms with Crippen molar-refractivity contribution >= 4 is 17.3 Å². The summed E-state index contributed by atoms with van der Waals surface area (Å²) in [7, 11) is 0. The van der Waals surface area contributed by atoms with Crippen LogP contribution in [-0.2, 0) is 0 Å². The molecule has 0 aliphatic heterocycles. The number of hydrogen-bond donors (Lipinski definition) is 1. The van der Waals surface area contributed by atoms with Gasteiger partial charge in [0.1, 0.15) is 5.75 Å². The molecule has 0 aliphatic rings. The first kappa shape index (κ1) is 14.4. The van der Waals surface area contributed by atoms with E-state index in [1.165, 1.54) is 36.4 Å². The lowest BCUT2D eigenvalue weighted by Gasteiger charge is -2.04. The Morgan fingerprint density at radius 2 is 1.48 bits per heavy atom. The Morgan fingerprint density at radius 3 is 2.10 bits per heavy atom. The summed E-state index contributed by atoms with van der Waals surface area (Å²) in [6.07, 6.45) is -0.539. The summed E-state index contributed by atoms with van der Waals surface area (Å²) >= 11 is 0. The standard InChI is InChI=1S/C15H11NO5/c17-13-8-4-2-6-11(13)15(19)9-14(18)10-5-1-3-7-12(10)16(20)21/h1-8,17H,9H2. The second-order valence-electron chi connectivity index (χ2n) is 4.31. The number of Topliss-reactive ketones (excluding diaryl/α,β-unsaturated/α-hetero) is 2. The quantitative estimate of drug-likeness (QED) is 0.394. The van der Waals surface area contributed by atoms with Gasteiger partial charge in [-0.15, -0.1) is 0 Å². The van der Waals surface area contributed by atoms with Gasteiger partial charge in [-0.05, 0) is 18.2 Å². The minimum absolute atomic E-state index is 0.0180. The average Bonchev–Trinajstić information content (AvgIpc) is 2.47. The Hall–Kier alpha value is -3.02. The Labute approximate surface area is 119 Å². The van der Waals surface area contributed by atoms with Crippen molar-refractivity contribution in [1.29, 1.82) is 0 Å². The molecule has 2 aromatic carbocycles. The van der Waals surface area contributed by atoms with E-state index in [1.54, 1.807) is 12.1 Å². The molecule has 0 atom stereocenters. The molecule has 6 nitrogen and oxygen atoms in total. The third-order valence-corrected chi connectivity index (χ3v) is 2.93. The van der Waals surface area contributed by atoms with Gasteiger partial charge in [0.15, 0.2) is 11.6 Å². The van der Waals surface area contributed by atoms with Gasteiger partial charge in [0.2, 0.25) is 0 Å². The maximum absolute atomic E-state index is 12.1. The number of rotatable bonds is 5. The minimum Gasteiger partial charge on any atom is -0.507 e. The van der Waals surface area contributed by atoms with E-state index < -0.39 is 22.9 Å². The zero-order valence-electron chi connectivity index (χ0n) is 10.9. The largest absolute Gasteiger partial charge is 0.507 e. The van der Waals surface area contributed by atoms with Crippen LogP contribution in [0.15, 0.2) is 48.5 Å². The van der Waals surface area contributed by atoms with Crippen LogP contribution >= 0.6 is 0 Å². The van der Waals surface area contributed by atoms with Crippen LogP contribution in [0.5, 0.6) is 5.75 Å². The molecule has 0 fully saturated rings. The summed E-state index contributed by atoms with van der Waals surface area (Å²) in [5.74, 6) is -1.47. The van der Waals surface area contributed by atoms with Crippen LogP contribution in [-0.4, -0.2) is 21.6 Å². The van der Waals surface area contributed by atoms with Crippen molar-refractivity contribution in [3.8, 4) is 5.75 Å². The van der Waals surface area contributed by atoms with Crippen molar-refractivity contribution in [2.75, 3.05) is 0 Å². The molecule has 1 N–H and O–H groups in total. The van der Waals surface area contributed by atoms with Gasteiger partial charge in [0.25, 0.3) is 5.69 Å². The summed E-state index contributed by atoms with van der Waals surface area (Å²) in [5.41, 5.74) is -0.441. The topological polar surface area (TPSA) is 97.5 Å². The SMILES string of the molecule is O=C(CC(=O)c1ccccc1[N+](=O)[O-])c1ccccc1O. The number of nitrogens with zero attached hydrogens (tertiary/aromatic N) is 1. The summed E-state index contributed by atoms with van der Waals surface area (Å²) < 4.78 is 0. The summed E-state index contributed by atoms with van der Waals surface area (Å²) in [6.45, 7) is 0. The predicted octanol–water partition coefficient (Wildman–Crippen LogP) is 2.76. The van der Waals surface area contributed by atoms with E-state index in [9.17, 15) is 24.8 Å². The van der Waals surface area contributed by atoms with E-state index in [0.29, 0.717) is 0 Å². The fraction of sp³-hybridized carbons (Fsp3) is 0.0667. The van der Waals surface area contributed by atoms with Crippen LogP contribution in [0, 0.1) is 10.1 Å². The Kier molecular flexibility index (Phi) is 4.08. The van der Waals surface area contributed by atoms with Gasteiger partial charge in [-0.3, -0.25) is 19.7 Å². The van der Waals surface area contributed by atoms with Gasteiger partial charge < -0.3 is 5.11 Å². The molecule has 0 aliphatic carbocycles. The Balaban J connectivity index is 2.25. The second-order valence-corrected chi connectivity index (χ2v) is 4.31.